The minimum absolute atomic E-state index is 0.170. The Kier molecular flexibility index (Phi) is 4.30. The van der Waals surface area contributed by atoms with Crippen LogP contribution in [0.15, 0.2) is 36.4 Å². The molecule has 2 rings (SSSR count). The molecule has 0 unspecified atom stereocenters. The van der Waals surface area contributed by atoms with Gasteiger partial charge in [-0.3, -0.25) is 0 Å². The van der Waals surface area contributed by atoms with Crippen LogP contribution in [0.1, 0.15) is 27.0 Å². The maximum absolute atomic E-state index is 11.9. The highest BCUT2D eigenvalue weighted by molar-refractivity contribution is 6.30. The first-order valence-corrected chi connectivity index (χ1v) is 6.57. The first-order chi connectivity index (χ1) is 9.47. The van der Waals surface area contributed by atoms with Crippen molar-refractivity contribution in [3.63, 3.8) is 0 Å². The van der Waals surface area contributed by atoms with E-state index >= 15 is 0 Å². The molecule has 3 nitrogen and oxygen atoms in total. The maximum atomic E-state index is 11.9. The zero-order valence-electron chi connectivity index (χ0n) is 11.3. The van der Waals surface area contributed by atoms with Gasteiger partial charge in [0.2, 0.25) is 0 Å². The number of carbonyl (C=O) groups is 1. The number of carbonyl (C=O) groups excluding carboxylic acids is 1. The summed E-state index contributed by atoms with van der Waals surface area (Å²) in [4.78, 5) is 11.9. The molecule has 0 aliphatic carbocycles. The summed E-state index contributed by atoms with van der Waals surface area (Å²) in [5.74, 6) is -0.122. The van der Waals surface area contributed by atoms with Crippen LogP contribution in [0.5, 0.6) is 5.75 Å². The summed E-state index contributed by atoms with van der Waals surface area (Å²) in [6.45, 7) is 3.79. The van der Waals surface area contributed by atoms with E-state index in [0.29, 0.717) is 10.6 Å². The highest BCUT2D eigenvalue weighted by Gasteiger charge is 2.09. The highest BCUT2D eigenvalue weighted by Crippen LogP contribution is 2.23. The van der Waals surface area contributed by atoms with Crippen molar-refractivity contribution in [3.05, 3.63) is 63.7 Å². The van der Waals surface area contributed by atoms with Gasteiger partial charge in [-0.05, 0) is 66.9 Å². The Morgan fingerprint density at radius 3 is 2.25 bits per heavy atom. The largest absolute Gasteiger partial charge is 0.507 e. The van der Waals surface area contributed by atoms with Crippen LogP contribution in [0.4, 0.5) is 0 Å². The van der Waals surface area contributed by atoms with Gasteiger partial charge in [-0.1, -0.05) is 11.6 Å². The highest BCUT2D eigenvalue weighted by atomic mass is 35.5. The lowest BCUT2D eigenvalue weighted by molar-refractivity contribution is 0.0472. The standard InChI is InChI=1S/C16H15ClO3/c1-10-7-12(8-11(2)15(10)18)9-20-16(19)13-3-5-14(17)6-4-13/h3-8,18H,9H2,1-2H3. The Balaban J connectivity index is 2.05. The zero-order chi connectivity index (χ0) is 14.7. The van der Waals surface area contributed by atoms with Gasteiger partial charge in [0.1, 0.15) is 12.4 Å². The van der Waals surface area contributed by atoms with E-state index in [2.05, 4.69) is 0 Å². The van der Waals surface area contributed by atoms with Crippen LogP contribution in [0.2, 0.25) is 5.02 Å². The summed E-state index contributed by atoms with van der Waals surface area (Å²) >= 11 is 5.76. The van der Waals surface area contributed by atoms with Crippen molar-refractivity contribution in [1.82, 2.24) is 0 Å². The molecule has 0 amide bonds. The summed E-state index contributed by atoms with van der Waals surface area (Å²) in [5, 5.41) is 10.3. The van der Waals surface area contributed by atoms with E-state index in [4.69, 9.17) is 16.3 Å². The first kappa shape index (κ1) is 14.4. The van der Waals surface area contributed by atoms with Crippen LogP contribution in [0.25, 0.3) is 0 Å². The van der Waals surface area contributed by atoms with E-state index in [1.54, 1.807) is 36.4 Å². The number of hydrogen-bond acceptors (Lipinski definition) is 3. The lowest BCUT2D eigenvalue weighted by Gasteiger charge is -2.09. The van der Waals surface area contributed by atoms with E-state index in [0.717, 1.165) is 16.7 Å². The van der Waals surface area contributed by atoms with Crippen LogP contribution in [0.3, 0.4) is 0 Å². The van der Waals surface area contributed by atoms with Crippen molar-refractivity contribution in [2.45, 2.75) is 20.5 Å². The second-order valence-corrected chi connectivity index (χ2v) is 5.10. The minimum atomic E-state index is -0.398. The Labute approximate surface area is 122 Å². The quantitative estimate of drug-likeness (QED) is 0.869. The average molecular weight is 291 g/mol. The van der Waals surface area contributed by atoms with Crippen LogP contribution < -0.4 is 0 Å². The SMILES string of the molecule is Cc1cc(COC(=O)c2ccc(Cl)cc2)cc(C)c1O. The molecule has 0 spiro atoms. The smallest absolute Gasteiger partial charge is 0.338 e. The fraction of sp³-hybridized carbons (Fsp3) is 0.188. The monoisotopic (exact) mass is 290 g/mol. The molecule has 0 aliphatic rings. The third-order valence-corrected chi connectivity index (χ3v) is 3.25. The van der Waals surface area contributed by atoms with Gasteiger partial charge in [-0.2, -0.15) is 0 Å². The van der Waals surface area contributed by atoms with Crippen LogP contribution >= 0.6 is 11.6 Å². The first-order valence-electron chi connectivity index (χ1n) is 6.19. The molecule has 0 aliphatic heterocycles. The number of hydrogen-bond donors (Lipinski definition) is 1. The Hall–Kier alpha value is -2.00. The molecule has 4 heteroatoms. The van der Waals surface area contributed by atoms with Gasteiger partial charge < -0.3 is 9.84 Å². The van der Waals surface area contributed by atoms with Crippen molar-refractivity contribution >= 4 is 17.6 Å². The minimum Gasteiger partial charge on any atom is -0.507 e. The molecule has 2 aromatic rings. The van der Waals surface area contributed by atoms with E-state index in [1.807, 2.05) is 13.8 Å². The number of rotatable bonds is 3. The molecule has 0 bridgehead atoms. The number of esters is 1. The van der Waals surface area contributed by atoms with Gasteiger partial charge in [0.15, 0.2) is 0 Å². The topological polar surface area (TPSA) is 46.5 Å². The molecule has 0 saturated carbocycles. The number of ether oxygens (including phenoxy) is 1. The molecule has 0 radical (unpaired) electrons. The number of phenolic OH excluding ortho intramolecular Hbond substituents is 1. The Bertz CT molecular complexity index is 610. The predicted octanol–water partition coefficient (Wildman–Crippen LogP) is 4.02. The number of benzene rings is 2. The van der Waals surface area contributed by atoms with E-state index < -0.39 is 5.97 Å². The fourth-order valence-electron chi connectivity index (χ4n) is 1.95. The summed E-state index contributed by atoms with van der Waals surface area (Å²) in [6.07, 6.45) is 0. The van der Waals surface area contributed by atoms with Crippen molar-refractivity contribution in [2.75, 3.05) is 0 Å². The van der Waals surface area contributed by atoms with Crippen LogP contribution in [-0.4, -0.2) is 11.1 Å². The van der Waals surface area contributed by atoms with Gasteiger partial charge in [0.25, 0.3) is 0 Å². The Morgan fingerprint density at radius 2 is 1.70 bits per heavy atom. The summed E-state index contributed by atoms with van der Waals surface area (Å²) in [5.41, 5.74) is 2.84. The molecule has 0 heterocycles. The lowest BCUT2D eigenvalue weighted by atomic mass is 10.1. The fourth-order valence-corrected chi connectivity index (χ4v) is 2.07. The Morgan fingerprint density at radius 1 is 1.15 bits per heavy atom. The van der Waals surface area contributed by atoms with Gasteiger partial charge in [-0.25, -0.2) is 4.79 Å². The molecular formula is C16H15ClO3. The zero-order valence-corrected chi connectivity index (χ0v) is 12.1. The molecule has 20 heavy (non-hydrogen) atoms. The molecule has 1 N–H and O–H groups in total. The van der Waals surface area contributed by atoms with Crippen molar-refractivity contribution in [1.29, 1.82) is 0 Å². The van der Waals surface area contributed by atoms with Crippen molar-refractivity contribution < 1.29 is 14.6 Å². The molecule has 0 atom stereocenters. The normalized spacial score (nSPS) is 10.3. The number of phenols is 1. The molecule has 2 aromatic carbocycles. The summed E-state index contributed by atoms with van der Waals surface area (Å²) < 4.78 is 5.24. The number of halogens is 1. The second-order valence-electron chi connectivity index (χ2n) is 4.66. The molecule has 0 saturated heterocycles. The van der Waals surface area contributed by atoms with Gasteiger partial charge in [0, 0.05) is 5.02 Å². The molecule has 104 valence electrons. The van der Waals surface area contributed by atoms with E-state index in [9.17, 15) is 9.90 Å². The molecular weight excluding hydrogens is 276 g/mol. The molecule has 0 aromatic heterocycles. The van der Waals surface area contributed by atoms with Crippen LogP contribution in [-0.2, 0) is 11.3 Å². The second kappa shape index (κ2) is 5.97. The predicted molar refractivity (Wildman–Crippen MR) is 78.2 cm³/mol. The van der Waals surface area contributed by atoms with Crippen molar-refractivity contribution in [2.24, 2.45) is 0 Å². The maximum Gasteiger partial charge on any atom is 0.338 e. The van der Waals surface area contributed by atoms with Gasteiger partial charge in [-0.15, -0.1) is 0 Å². The van der Waals surface area contributed by atoms with Gasteiger partial charge >= 0.3 is 5.97 Å². The third kappa shape index (κ3) is 3.31. The van der Waals surface area contributed by atoms with E-state index in [-0.39, 0.29) is 12.4 Å². The number of aryl methyl sites for hydroxylation is 2. The third-order valence-electron chi connectivity index (χ3n) is 3.00. The van der Waals surface area contributed by atoms with Crippen LogP contribution in [0, 0.1) is 13.8 Å². The van der Waals surface area contributed by atoms with Gasteiger partial charge in [0.05, 0.1) is 5.56 Å². The average Bonchev–Trinajstić information content (AvgIpc) is 2.42. The lowest BCUT2D eigenvalue weighted by Crippen LogP contribution is -2.05. The number of aromatic hydroxyl groups is 1. The van der Waals surface area contributed by atoms with E-state index in [1.165, 1.54) is 0 Å². The van der Waals surface area contributed by atoms with Crippen molar-refractivity contribution in [3.8, 4) is 5.75 Å². The summed E-state index contributed by atoms with van der Waals surface area (Å²) in [7, 11) is 0. The molecule has 0 fully saturated rings. The summed E-state index contributed by atoms with van der Waals surface area (Å²) in [6, 6.07) is 10.1.